The summed E-state index contributed by atoms with van der Waals surface area (Å²) in [5.41, 5.74) is 0. The summed E-state index contributed by atoms with van der Waals surface area (Å²) in [4.78, 5) is 12.5. The van der Waals surface area contributed by atoms with Crippen LogP contribution >= 0.6 is 0 Å². The average Bonchev–Trinajstić information content (AvgIpc) is 3.29. The molecule has 0 saturated carbocycles. The molecule has 0 aliphatic rings. The molecule has 370 valence electrons. The topological polar surface area (TPSA) is 69.6 Å². The molecule has 63 heavy (non-hydrogen) atoms. The highest BCUT2D eigenvalue weighted by Gasteiger charge is 2.18. The first kappa shape index (κ1) is 61.4. The van der Waals surface area contributed by atoms with Crippen LogP contribution in [0.4, 0.5) is 0 Å². The van der Waals surface area contributed by atoms with E-state index in [1.54, 1.807) is 6.08 Å². The highest BCUT2D eigenvalue weighted by Crippen LogP contribution is 2.17. The smallest absolute Gasteiger partial charge is 0.220 e. The molecule has 1 amide bonds. The molecule has 3 N–H and O–H groups in total. The SMILES string of the molecule is CCCCCCC/C=C\C/C=C\CCCCCCCCCCCCCCCC(=O)NC(CO)C(O)/C=C/CC/C=C/CCCCCCCCCCCCCCCCCCCCCC. The largest absolute Gasteiger partial charge is 0.394 e. The van der Waals surface area contributed by atoms with Crippen molar-refractivity contribution < 1.29 is 15.0 Å². The first-order valence-corrected chi connectivity index (χ1v) is 28.4. The predicted molar refractivity (Wildman–Crippen MR) is 281 cm³/mol. The van der Waals surface area contributed by atoms with Gasteiger partial charge in [0.15, 0.2) is 0 Å². The fourth-order valence-corrected chi connectivity index (χ4v) is 8.70. The Labute approximate surface area is 394 Å². The zero-order valence-electron chi connectivity index (χ0n) is 42.6. The third kappa shape index (κ3) is 51.2. The van der Waals surface area contributed by atoms with Gasteiger partial charge in [-0.3, -0.25) is 4.79 Å². The van der Waals surface area contributed by atoms with Crippen LogP contribution in [0.25, 0.3) is 0 Å². The van der Waals surface area contributed by atoms with E-state index >= 15 is 0 Å². The van der Waals surface area contributed by atoms with E-state index in [1.807, 2.05) is 6.08 Å². The van der Waals surface area contributed by atoms with Crippen LogP contribution in [-0.4, -0.2) is 34.9 Å². The van der Waals surface area contributed by atoms with Gasteiger partial charge in [0.05, 0.1) is 18.8 Å². The van der Waals surface area contributed by atoms with Gasteiger partial charge < -0.3 is 15.5 Å². The second-order valence-electron chi connectivity index (χ2n) is 19.3. The van der Waals surface area contributed by atoms with Gasteiger partial charge >= 0.3 is 0 Å². The highest BCUT2D eigenvalue weighted by molar-refractivity contribution is 5.76. The fourth-order valence-electron chi connectivity index (χ4n) is 8.70. The van der Waals surface area contributed by atoms with Gasteiger partial charge in [0.1, 0.15) is 0 Å². The number of carbonyl (C=O) groups excluding carboxylic acids is 1. The van der Waals surface area contributed by atoms with Crippen molar-refractivity contribution in [2.75, 3.05) is 6.61 Å². The molecule has 4 nitrogen and oxygen atoms in total. The van der Waals surface area contributed by atoms with E-state index in [2.05, 4.69) is 55.6 Å². The molecule has 2 atom stereocenters. The number of nitrogens with one attached hydrogen (secondary N) is 1. The lowest BCUT2D eigenvalue weighted by molar-refractivity contribution is -0.123. The molecular weight excluding hydrogens is 771 g/mol. The van der Waals surface area contributed by atoms with E-state index in [9.17, 15) is 15.0 Å². The van der Waals surface area contributed by atoms with E-state index in [0.717, 1.165) is 38.5 Å². The number of allylic oxidation sites excluding steroid dienone is 7. The van der Waals surface area contributed by atoms with Crippen LogP contribution in [0.1, 0.15) is 303 Å². The van der Waals surface area contributed by atoms with E-state index in [4.69, 9.17) is 0 Å². The zero-order valence-corrected chi connectivity index (χ0v) is 42.6. The molecule has 0 aliphatic carbocycles. The Morgan fingerprint density at radius 1 is 0.381 bits per heavy atom. The van der Waals surface area contributed by atoms with Gasteiger partial charge in [-0.1, -0.05) is 281 Å². The molecule has 0 spiro atoms. The zero-order chi connectivity index (χ0) is 45.6. The van der Waals surface area contributed by atoms with Crippen molar-refractivity contribution in [3.05, 3.63) is 48.6 Å². The second-order valence-corrected chi connectivity index (χ2v) is 19.3. The number of rotatable bonds is 52. The van der Waals surface area contributed by atoms with Crippen LogP contribution in [-0.2, 0) is 4.79 Å². The number of aliphatic hydroxyl groups excluding tert-OH is 2. The van der Waals surface area contributed by atoms with Gasteiger partial charge in [-0.05, 0) is 64.2 Å². The Morgan fingerprint density at radius 2 is 0.667 bits per heavy atom. The van der Waals surface area contributed by atoms with Gasteiger partial charge in [0, 0.05) is 6.42 Å². The Kier molecular flexibility index (Phi) is 53.3. The summed E-state index contributed by atoms with van der Waals surface area (Å²) in [6.45, 7) is 4.32. The first-order valence-electron chi connectivity index (χ1n) is 28.4. The first-order chi connectivity index (χ1) is 31.2. The standard InChI is InChI=1S/C59H111NO3/c1-3-5-7-9-11-13-15-17-19-21-23-25-27-29-31-32-34-36-38-40-42-44-46-48-50-52-54-58(62)57(56-61)60-59(63)55-53-51-49-47-45-43-41-39-37-35-33-30-28-26-24-22-20-18-16-14-12-10-8-6-4-2/h16,18,22,24,44,46,52,54,57-58,61-62H,3-15,17,19-21,23,25-43,45,47-51,53,55-56H2,1-2H3,(H,60,63)/b18-16-,24-22-,46-44+,54-52+. The summed E-state index contributed by atoms with van der Waals surface area (Å²) in [5.74, 6) is -0.0718. The van der Waals surface area contributed by atoms with Crippen LogP contribution in [0.5, 0.6) is 0 Å². The molecule has 0 aliphatic heterocycles. The maximum atomic E-state index is 12.5. The molecule has 0 radical (unpaired) electrons. The number of amides is 1. The number of carbonyl (C=O) groups is 1. The predicted octanol–water partition coefficient (Wildman–Crippen LogP) is 18.6. The molecule has 0 heterocycles. The van der Waals surface area contributed by atoms with Crippen molar-refractivity contribution in [2.24, 2.45) is 0 Å². The van der Waals surface area contributed by atoms with Gasteiger partial charge in [0.2, 0.25) is 5.91 Å². The summed E-state index contributed by atoms with van der Waals surface area (Å²) < 4.78 is 0. The van der Waals surface area contributed by atoms with E-state index in [0.29, 0.717) is 6.42 Å². The van der Waals surface area contributed by atoms with Crippen molar-refractivity contribution in [1.29, 1.82) is 0 Å². The number of hydrogen-bond donors (Lipinski definition) is 3. The van der Waals surface area contributed by atoms with Crippen molar-refractivity contribution in [2.45, 2.75) is 315 Å². The van der Waals surface area contributed by atoms with Crippen molar-refractivity contribution in [3.8, 4) is 0 Å². The minimum Gasteiger partial charge on any atom is -0.394 e. The van der Waals surface area contributed by atoms with Gasteiger partial charge in [-0.2, -0.15) is 0 Å². The van der Waals surface area contributed by atoms with Crippen LogP contribution in [0, 0.1) is 0 Å². The summed E-state index contributed by atoms with van der Waals surface area (Å²) in [6.07, 6.45) is 75.6. The van der Waals surface area contributed by atoms with Crippen molar-refractivity contribution in [3.63, 3.8) is 0 Å². The molecule has 4 heteroatoms. The van der Waals surface area contributed by atoms with E-state index in [1.165, 1.54) is 244 Å². The summed E-state index contributed by atoms with van der Waals surface area (Å²) >= 11 is 0. The molecular formula is C59H111NO3. The Bertz CT molecular complexity index is 1000. The fraction of sp³-hybridized carbons (Fsp3) is 0.847. The summed E-state index contributed by atoms with van der Waals surface area (Å²) in [6, 6.07) is -0.641. The number of unbranched alkanes of at least 4 members (excludes halogenated alkanes) is 39. The number of hydrogen-bond acceptors (Lipinski definition) is 3. The Morgan fingerprint density at radius 3 is 1.02 bits per heavy atom. The van der Waals surface area contributed by atoms with Gasteiger partial charge in [-0.25, -0.2) is 0 Å². The third-order valence-electron chi connectivity index (χ3n) is 13.0. The van der Waals surface area contributed by atoms with Crippen LogP contribution in [0.2, 0.25) is 0 Å². The van der Waals surface area contributed by atoms with Crippen LogP contribution in [0.3, 0.4) is 0 Å². The average molecular weight is 883 g/mol. The Balaban J connectivity index is 3.53. The monoisotopic (exact) mass is 882 g/mol. The molecule has 0 aromatic carbocycles. The Hall–Kier alpha value is -1.65. The summed E-state index contributed by atoms with van der Waals surface area (Å²) in [7, 11) is 0. The van der Waals surface area contributed by atoms with E-state index in [-0.39, 0.29) is 12.5 Å². The van der Waals surface area contributed by atoms with Crippen LogP contribution in [0.15, 0.2) is 48.6 Å². The lowest BCUT2D eigenvalue weighted by Gasteiger charge is -2.19. The lowest BCUT2D eigenvalue weighted by Crippen LogP contribution is -2.45. The van der Waals surface area contributed by atoms with E-state index < -0.39 is 12.1 Å². The highest BCUT2D eigenvalue weighted by atomic mass is 16.3. The quantitative estimate of drug-likeness (QED) is 0.0421. The van der Waals surface area contributed by atoms with Crippen molar-refractivity contribution >= 4 is 5.91 Å². The molecule has 2 unspecified atom stereocenters. The molecule has 0 rings (SSSR count). The molecule has 0 aromatic heterocycles. The summed E-state index contributed by atoms with van der Waals surface area (Å²) in [5, 5.41) is 23.2. The minimum absolute atomic E-state index is 0.0718. The van der Waals surface area contributed by atoms with Crippen molar-refractivity contribution in [1.82, 2.24) is 5.32 Å². The normalized spacial score (nSPS) is 13.1. The molecule has 0 fully saturated rings. The second kappa shape index (κ2) is 54.7. The number of aliphatic hydroxyl groups is 2. The van der Waals surface area contributed by atoms with Crippen LogP contribution < -0.4 is 5.32 Å². The van der Waals surface area contributed by atoms with Gasteiger partial charge in [-0.15, -0.1) is 0 Å². The maximum Gasteiger partial charge on any atom is 0.220 e. The molecule has 0 aromatic rings. The molecule has 0 bridgehead atoms. The third-order valence-corrected chi connectivity index (χ3v) is 13.0. The molecule has 0 saturated heterocycles. The maximum absolute atomic E-state index is 12.5. The minimum atomic E-state index is -0.864. The van der Waals surface area contributed by atoms with Gasteiger partial charge in [0.25, 0.3) is 0 Å². The lowest BCUT2D eigenvalue weighted by atomic mass is 10.0.